The molecule has 0 aliphatic carbocycles. The van der Waals surface area contributed by atoms with E-state index in [0.29, 0.717) is 5.54 Å². The van der Waals surface area contributed by atoms with Gasteiger partial charge in [-0.25, -0.2) is 0 Å². The van der Waals surface area contributed by atoms with Gasteiger partial charge >= 0.3 is 0 Å². The summed E-state index contributed by atoms with van der Waals surface area (Å²) in [6, 6.07) is 0. The molecule has 0 saturated carbocycles. The van der Waals surface area contributed by atoms with Crippen LogP contribution in [0.2, 0.25) is 0 Å². The molecule has 2 N–H and O–H groups in total. The average molecular weight is 156 g/mol. The fourth-order valence-corrected chi connectivity index (χ4v) is 1.87. The van der Waals surface area contributed by atoms with E-state index in [9.17, 15) is 0 Å². The lowest BCUT2D eigenvalue weighted by atomic mass is 9.96. The minimum Gasteiger partial charge on any atom is -0.315 e. The second kappa shape index (κ2) is 3.55. The van der Waals surface area contributed by atoms with E-state index in [1.54, 1.807) is 0 Å². The third kappa shape index (κ3) is 2.46. The Balaban J connectivity index is 2.29. The molecule has 2 atom stereocenters. The highest BCUT2D eigenvalue weighted by Gasteiger charge is 2.31. The predicted octanol–water partition coefficient (Wildman–Crippen LogP) is 0.984. The molecular weight excluding hydrogens is 136 g/mol. The molecule has 11 heavy (non-hydrogen) atoms. The largest absolute Gasteiger partial charge is 0.315 e. The zero-order valence-corrected chi connectivity index (χ0v) is 7.91. The van der Waals surface area contributed by atoms with Crippen molar-refractivity contribution < 1.29 is 0 Å². The van der Waals surface area contributed by atoms with Crippen LogP contribution in [0.15, 0.2) is 0 Å². The summed E-state index contributed by atoms with van der Waals surface area (Å²) in [7, 11) is 0. The van der Waals surface area contributed by atoms with Crippen LogP contribution in [0.3, 0.4) is 0 Å². The van der Waals surface area contributed by atoms with Crippen LogP contribution in [0.1, 0.15) is 27.2 Å². The first kappa shape index (κ1) is 9.01. The van der Waals surface area contributed by atoms with Crippen LogP contribution < -0.4 is 10.6 Å². The Kier molecular flexibility index (Phi) is 2.90. The van der Waals surface area contributed by atoms with Crippen LogP contribution >= 0.6 is 0 Å². The quantitative estimate of drug-likeness (QED) is 0.636. The van der Waals surface area contributed by atoms with Gasteiger partial charge in [0.25, 0.3) is 0 Å². The van der Waals surface area contributed by atoms with Gasteiger partial charge in [0.2, 0.25) is 0 Å². The summed E-state index contributed by atoms with van der Waals surface area (Å²) >= 11 is 0. The monoisotopic (exact) mass is 156 g/mol. The number of nitrogens with one attached hydrogen (secondary N) is 2. The Hall–Kier alpha value is -0.0800. The second-order valence-electron chi connectivity index (χ2n) is 4.03. The maximum Gasteiger partial charge on any atom is 0.0281 e. The van der Waals surface area contributed by atoms with Crippen LogP contribution in [0.4, 0.5) is 0 Å². The molecule has 0 aromatic heterocycles. The van der Waals surface area contributed by atoms with Crippen molar-refractivity contribution in [2.24, 2.45) is 5.92 Å². The molecule has 1 aliphatic rings. The van der Waals surface area contributed by atoms with E-state index in [0.717, 1.165) is 19.0 Å². The number of hydrogen-bond donors (Lipinski definition) is 2. The van der Waals surface area contributed by atoms with E-state index >= 15 is 0 Å². The highest BCUT2D eigenvalue weighted by molar-refractivity contribution is 4.93. The Bertz CT molecular complexity index is 125. The predicted molar refractivity (Wildman–Crippen MR) is 48.7 cm³/mol. The molecule has 1 heterocycles. The molecule has 1 rings (SSSR count). The Labute approximate surface area is 69.8 Å². The molecule has 0 amide bonds. The molecule has 0 aromatic carbocycles. The van der Waals surface area contributed by atoms with Gasteiger partial charge in [-0.05, 0) is 32.4 Å². The third-order valence-corrected chi connectivity index (χ3v) is 2.44. The van der Waals surface area contributed by atoms with Gasteiger partial charge in [0.1, 0.15) is 0 Å². The molecule has 1 unspecified atom stereocenters. The lowest BCUT2D eigenvalue weighted by Crippen LogP contribution is -2.45. The van der Waals surface area contributed by atoms with Gasteiger partial charge in [-0.2, -0.15) is 0 Å². The molecular formula is C9H20N2. The summed E-state index contributed by atoms with van der Waals surface area (Å²) in [5.74, 6) is 0.846. The fraction of sp³-hybridized carbons (Fsp3) is 1.00. The third-order valence-electron chi connectivity index (χ3n) is 2.44. The first-order valence-corrected chi connectivity index (χ1v) is 4.62. The van der Waals surface area contributed by atoms with Gasteiger partial charge in [0, 0.05) is 12.1 Å². The summed E-state index contributed by atoms with van der Waals surface area (Å²) in [6.07, 6.45) is 1.31. The summed E-state index contributed by atoms with van der Waals surface area (Å²) in [6.45, 7) is 10.1. The van der Waals surface area contributed by atoms with Crippen molar-refractivity contribution in [1.29, 1.82) is 0 Å². The first-order valence-electron chi connectivity index (χ1n) is 4.62. The van der Waals surface area contributed by atoms with Crippen molar-refractivity contribution in [1.82, 2.24) is 10.6 Å². The highest BCUT2D eigenvalue weighted by atomic mass is 15.1. The molecule has 0 bridgehead atoms. The molecule has 1 fully saturated rings. The van der Waals surface area contributed by atoms with Crippen molar-refractivity contribution in [2.45, 2.75) is 32.7 Å². The molecule has 0 spiro atoms. The van der Waals surface area contributed by atoms with Crippen molar-refractivity contribution in [3.63, 3.8) is 0 Å². The van der Waals surface area contributed by atoms with Gasteiger partial charge in [-0.15, -0.1) is 0 Å². The van der Waals surface area contributed by atoms with Crippen molar-refractivity contribution in [3.05, 3.63) is 0 Å². The van der Waals surface area contributed by atoms with Gasteiger partial charge in [-0.1, -0.05) is 13.8 Å². The number of rotatable bonds is 3. The summed E-state index contributed by atoms with van der Waals surface area (Å²) in [5.41, 5.74) is 0.357. The van der Waals surface area contributed by atoms with E-state index in [4.69, 9.17) is 0 Å². The summed E-state index contributed by atoms with van der Waals surface area (Å²) in [4.78, 5) is 0. The van der Waals surface area contributed by atoms with E-state index in [1.165, 1.54) is 13.0 Å². The van der Waals surface area contributed by atoms with Gasteiger partial charge < -0.3 is 10.6 Å². The van der Waals surface area contributed by atoms with Crippen molar-refractivity contribution in [3.8, 4) is 0 Å². The van der Waals surface area contributed by atoms with Crippen LogP contribution in [-0.4, -0.2) is 25.2 Å². The number of hydrogen-bond acceptors (Lipinski definition) is 2. The van der Waals surface area contributed by atoms with Crippen LogP contribution in [0, 0.1) is 5.92 Å². The van der Waals surface area contributed by atoms with Crippen molar-refractivity contribution in [2.75, 3.05) is 19.6 Å². The zero-order valence-electron chi connectivity index (χ0n) is 7.91. The lowest BCUT2D eigenvalue weighted by molar-refractivity contribution is 0.382. The highest BCUT2D eigenvalue weighted by Crippen LogP contribution is 2.22. The molecule has 66 valence electrons. The normalized spacial score (nSPS) is 37.9. The zero-order chi connectivity index (χ0) is 8.32. The Morgan fingerprint density at radius 2 is 2.36 bits per heavy atom. The minimum atomic E-state index is 0.357. The van der Waals surface area contributed by atoms with Crippen LogP contribution in [0.25, 0.3) is 0 Å². The van der Waals surface area contributed by atoms with E-state index < -0.39 is 0 Å². The van der Waals surface area contributed by atoms with Crippen molar-refractivity contribution >= 4 is 0 Å². The average Bonchev–Trinajstić information content (AvgIpc) is 2.28. The molecule has 0 aromatic rings. The van der Waals surface area contributed by atoms with Gasteiger partial charge in [0.05, 0.1) is 0 Å². The molecule has 2 nitrogen and oxygen atoms in total. The fourth-order valence-electron chi connectivity index (χ4n) is 1.87. The van der Waals surface area contributed by atoms with E-state index in [1.807, 2.05) is 0 Å². The van der Waals surface area contributed by atoms with E-state index in [-0.39, 0.29) is 0 Å². The lowest BCUT2D eigenvalue weighted by Gasteiger charge is -2.24. The smallest absolute Gasteiger partial charge is 0.0281 e. The number of likely N-dealkylation sites (N-methyl/N-ethyl adjacent to an activating group) is 1. The first-order chi connectivity index (χ1) is 5.16. The maximum atomic E-state index is 3.56. The standard InChI is InChI=1S/C9H20N2/c1-4-10-7-9(3)5-8(2)6-11-9/h8,10-11H,4-7H2,1-3H3/t8-,9?/m1/s1. The molecule has 1 saturated heterocycles. The topological polar surface area (TPSA) is 24.1 Å². The molecule has 2 heteroatoms. The Morgan fingerprint density at radius 3 is 2.82 bits per heavy atom. The summed E-state index contributed by atoms with van der Waals surface area (Å²) in [5, 5.41) is 6.94. The van der Waals surface area contributed by atoms with E-state index in [2.05, 4.69) is 31.4 Å². The van der Waals surface area contributed by atoms with Gasteiger partial charge in [-0.3, -0.25) is 0 Å². The second-order valence-corrected chi connectivity index (χ2v) is 4.03. The Morgan fingerprint density at radius 1 is 1.64 bits per heavy atom. The van der Waals surface area contributed by atoms with Crippen LogP contribution in [-0.2, 0) is 0 Å². The minimum absolute atomic E-state index is 0.357. The SMILES string of the molecule is CCNCC1(C)C[C@@H](C)CN1. The van der Waals surface area contributed by atoms with Gasteiger partial charge in [0.15, 0.2) is 0 Å². The maximum absolute atomic E-state index is 3.56. The van der Waals surface area contributed by atoms with Crippen LogP contribution in [0.5, 0.6) is 0 Å². The molecule has 0 radical (unpaired) electrons. The molecule has 1 aliphatic heterocycles. The summed E-state index contributed by atoms with van der Waals surface area (Å²) < 4.78 is 0.